The lowest BCUT2D eigenvalue weighted by Crippen LogP contribution is -2.31. The molecule has 1 aliphatic rings. The Hall–Kier alpha value is -1.53. The fraction of sp³-hybridized carbons (Fsp3) is 0.462. The van der Waals surface area contributed by atoms with Gasteiger partial charge in [0.25, 0.3) is 0 Å². The van der Waals surface area contributed by atoms with Crippen molar-refractivity contribution < 1.29 is 0 Å². The van der Waals surface area contributed by atoms with E-state index < -0.39 is 0 Å². The molecule has 0 unspecified atom stereocenters. The summed E-state index contributed by atoms with van der Waals surface area (Å²) < 4.78 is 0. The van der Waals surface area contributed by atoms with Crippen molar-refractivity contribution in [2.24, 2.45) is 0 Å². The number of aromatic nitrogens is 3. The summed E-state index contributed by atoms with van der Waals surface area (Å²) in [4.78, 5) is 15.5. The molecule has 0 amide bonds. The summed E-state index contributed by atoms with van der Waals surface area (Å²) in [5.74, 6) is 1.27. The van der Waals surface area contributed by atoms with E-state index >= 15 is 0 Å². The predicted molar refractivity (Wildman–Crippen MR) is 76.9 cm³/mol. The number of rotatable bonds is 3. The van der Waals surface area contributed by atoms with Crippen molar-refractivity contribution in [1.82, 2.24) is 19.9 Å². The molecular formula is C13H17N5S. The predicted octanol–water partition coefficient (Wildman–Crippen LogP) is 2.49. The number of nitrogens with one attached hydrogen (secondary N) is 1. The molecule has 2 aromatic heterocycles. The minimum Gasteiger partial charge on any atom is -0.315 e. The highest BCUT2D eigenvalue weighted by Crippen LogP contribution is 2.25. The molecule has 0 aromatic carbocycles. The van der Waals surface area contributed by atoms with Gasteiger partial charge in [-0.15, -0.1) is 11.3 Å². The van der Waals surface area contributed by atoms with Gasteiger partial charge in [-0.1, -0.05) is 0 Å². The fourth-order valence-electron chi connectivity index (χ4n) is 2.42. The minimum atomic E-state index is 0.514. The van der Waals surface area contributed by atoms with E-state index in [1.54, 1.807) is 23.7 Å². The summed E-state index contributed by atoms with van der Waals surface area (Å²) in [5, 5.41) is 5.93. The number of piperidine rings is 1. The zero-order chi connectivity index (χ0) is 13.1. The van der Waals surface area contributed by atoms with Gasteiger partial charge in [-0.3, -0.25) is 4.98 Å². The maximum absolute atomic E-state index is 4.54. The molecular weight excluding hydrogens is 258 g/mol. The third kappa shape index (κ3) is 3.08. The summed E-state index contributed by atoms with van der Waals surface area (Å²) in [6, 6.07) is 0. The molecule has 1 fully saturated rings. The number of thiazole rings is 1. The van der Waals surface area contributed by atoms with Crippen molar-refractivity contribution in [3.05, 3.63) is 29.7 Å². The van der Waals surface area contributed by atoms with E-state index in [0.717, 1.165) is 23.2 Å². The Morgan fingerprint density at radius 2 is 2.26 bits per heavy atom. The van der Waals surface area contributed by atoms with Gasteiger partial charge in [-0.25, -0.2) is 9.97 Å². The number of nitrogens with zero attached hydrogens (tertiary/aromatic N) is 4. The van der Waals surface area contributed by atoms with Crippen LogP contribution in [-0.2, 0) is 0 Å². The van der Waals surface area contributed by atoms with Gasteiger partial charge >= 0.3 is 0 Å². The van der Waals surface area contributed by atoms with Crippen LogP contribution in [0.1, 0.15) is 24.5 Å². The van der Waals surface area contributed by atoms with Crippen molar-refractivity contribution in [2.45, 2.75) is 18.8 Å². The van der Waals surface area contributed by atoms with Crippen LogP contribution < -0.4 is 5.32 Å². The highest BCUT2D eigenvalue weighted by molar-refractivity contribution is 7.13. The van der Waals surface area contributed by atoms with Crippen LogP contribution in [0.3, 0.4) is 0 Å². The van der Waals surface area contributed by atoms with Gasteiger partial charge < -0.3 is 10.2 Å². The average Bonchev–Trinajstić information content (AvgIpc) is 2.92. The van der Waals surface area contributed by atoms with Crippen LogP contribution in [0.5, 0.6) is 0 Å². The van der Waals surface area contributed by atoms with Crippen LogP contribution in [0.15, 0.2) is 24.0 Å². The number of hydrogen-bond acceptors (Lipinski definition) is 6. The third-order valence-corrected chi connectivity index (χ3v) is 4.07. The normalized spacial score (nSPS) is 20.4. The minimum absolute atomic E-state index is 0.514. The van der Waals surface area contributed by atoms with E-state index in [1.807, 2.05) is 11.6 Å². The Balaban J connectivity index is 1.68. The average molecular weight is 275 g/mol. The van der Waals surface area contributed by atoms with Gasteiger partial charge in [0.2, 0.25) is 0 Å². The van der Waals surface area contributed by atoms with E-state index in [0.29, 0.717) is 5.92 Å². The van der Waals surface area contributed by atoms with Gasteiger partial charge in [0.15, 0.2) is 10.9 Å². The van der Waals surface area contributed by atoms with Crippen molar-refractivity contribution in [1.29, 1.82) is 0 Å². The zero-order valence-electron chi connectivity index (χ0n) is 10.9. The molecule has 19 heavy (non-hydrogen) atoms. The monoisotopic (exact) mass is 275 g/mol. The summed E-state index contributed by atoms with van der Waals surface area (Å²) >= 11 is 1.55. The molecule has 6 heteroatoms. The molecule has 5 nitrogen and oxygen atoms in total. The molecule has 0 bridgehead atoms. The number of hydrogen-bond donors (Lipinski definition) is 1. The van der Waals surface area contributed by atoms with Gasteiger partial charge in [0.1, 0.15) is 0 Å². The lowest BCUT2D eigenvalue weighted by atomic mass is 9.95. The van der Waals surface area contributed by atoms with Crippen LogP contribution in [0.2, 0.25) is 0 Å². The first-order chi connectivity index (χ1) is 9.31. The molecule has 1 atom stereocenters. The molecule has 0 radical (unpaired) electrons. The topological polar surface area (TPSA) is 53.9 Å². The van der Waals surface area contributed by atoms with Crippen molar-refractivity contribution in [2.75, 3.05) is 25.5 Å². The molecule has 1 aliphatic heterocycles. The van der Waals surface area contributed by atoms with E-state index in [9.17, 15) is 0 Å². The highest BCUT2D eigenvalue weighted by Gasteiger charge is 2.20. The van der Waals surface area contributed by atoms with Crippen LogP contribution >= 0.6 is 11.3 Å². The largest absolute Gasteiger partial charge is 0.315 e. The summed E-state index contributed by atoms with van der Waals surface area (Å²) in [6.45, 7) is 2.27. The second kappa shape index (κ2) is 5.63. The molecule has 0 spiro atoms. The van der Waals surface area contributed by atoms with Crippen LogP contribution in [-0.4, -0.2) is 40.0 Å². The lowest BCUT2D eigenvalue weighted by molar-refractivity contribution is 0.248. The zero-order valence-corrected chi connectivity index (χ0v) is 11.7. The van der Waals surface area contributed by atoms with Gasteiger partial charge in [-0.2, -0.15) is 0 Å². The van der Waals surface area contributed by atoms with E-state index in [-0.39, 0.29) is 0 Å². The van der Waals surface area contributed by atoms with E-state index in [2.05, 4.69) is 32.2 Å². The Kier molecular flexibility index (Phi) is 3.70. The molecule has 100 valence electrons. The second-order valence-electron chi connectivity index (χ2n) is 4.89. The Labute approximate surface area is 116 Å². The molecule has 2 aromatic rings. The van der Waals surface area contributed by atoms with Gasteiger partial charge in [-0.05, 0) is 26.4 Å². The first-order valence-electron chi connectivity index (χ1n) is 6.48. The van der Waals surface area contributed by atoms with Crippen LogP contribution in [0.4, 0.5) is 10.9 Å². The van der Waals surface area contributed by atoms with Crippen LogP contribution in [0.25, 0.3) is 0 Å². The first kappa shape index (κ1) is 12.5. The number of likely N-dealkylation sites (N-methyl/N-ethyl adjacent to an activating group) is 1. The maximum atomic E-state index is 4.54. The third-order valence-electron chi connectivity index (χ3n) is 3.38. The van der Waals surface area contributed by atoms with E-state index in [4.69, 9.17) is 0 Å². The molecule has 0 aliphatic carbocycles. The second-order valence-corrected chi connectivity index (χ2v) is 5.78. The van der Waals surface area contributed by atoms with Gasteiger partial charge in [0, 0.05) is 24.0 Å². The standard InChI is InChI=1S/C13H17N5S/c1-18-5-2-3-10(9-18)11-7-16-12(8-15-11)17-13-14-4-6-19-13/h4,6-8,10H,2-3,5,9H2,1H3,(H,14,16,17)/t10-/m0/s1. The summed E-state index contributed by atoms with van der Waals surface area (Å²) in [5.41, 5.74) is 1.09. The van der Waals surface area contributed by atoms with Gasteiger partial charge in [0.05, 0.1) is 18.1 Å². The van der Waals surface area contributed by atoms with E-state index in [1.165, 1.54) is 19.4 Å². The molecule has 1 saturated heterocycles. The summed E-state index contributed by atoms with van der Waals surface area (Å²) in [7, 11) is 2.16. The SMILES string of the molecule is CN1CCC[C@H](c2cnc(Nc3nccs3)cn2)C1. The quantitative estimate of drug-likeness (QED) is 0.932. The summed E-state index contributed by atoms with van der Waals surface area (Å²) in [6.07, 6.45) is 7.90. The maximum Gasteiger partial charge on any atom is 0.188 e. The van der Waals surface area contributed by atoms with Crippen molar-refractivity contribution >= 4 is 22.3 Å². The number of anilines is 2. The number of likely N-dealkylation sites (tertiary alicyclic amines) is 1. The Morgan fingerprint density at radius 1 is 1.32 bits per heavy atom. The molecule has 1 N–H and O–H groups in total. The molecule has 0 saturated carbocycles. The first-order valence-corrected chi connectivity index (χ1v) is 7.36. The molecule has 3 rings (SSSR count). The van der Waals surface area contributed by atoms with Crippen LogP contribution in [0, 0.1) is 0 Å². The lowest BCUT2D eigenvalue weighted by Gasteiger charge is -2.29. The Bertz CT molecular complexity index is 510. The van der Waals surface area contributed by atoms with Crippen molar-refractivity contribution in [3.63, 3.8) is 0 Å². The molecule has 3 heterocycles. The van der Waals surface area contributed by atoms with Crippen molar-refractivity contribution in [3.8, 4) is 0 Å². The fourth-order valence-corrected chi connectivity index (χ4v) is 2.95. The smallest absolute Gasteiger partial charge is 0.188 e. The highest BCUT2D eigenvalue weighted by atomic mass is 32.1. The Morgan fingerprint density at radius 3 is 2.95 bits per heavy atom.